The number of hydrogen-bond acceptors (Lipinski definition) is 4. The first kappa shape index (κ1) is 22.0. The lowest BCUT2D eigenvalue weighted by molar-refractivity contribution is -0.144. The smallest absolute Gasteiger partial charge is 0.314 e. The number of esters is 1. The Balaban J connectivity index is 2.14. The molecular formula is C19H19Cl2FN4O2. The monoisotopic (exact) mass is 424 g/mol. The summed E-state index contributed by atoms with van der Waals surface area (Å²) in [6.07, 6.45) is 0.456. The predicted octanol–water partition coefficient (Wildman–Crippen LogP) is 5.30. The number of hydrogen-bond donors (Lipinski definition) is 1. The van der Waals surface area contributed by atoms with Gasteiger partial charge in [-0.25, -0.2) is 4.39 Å². The molecule has 0 aromatic heterocycles. The summed E-state index contributed by atoms with van der Waals surface area (Å²) in [5, 5.41) is 4.28. The topological polar surface area (TPSA) is 101 Å². The number of rotatable bonds is 8. The fourth-order valence-corrected chi connectivity index (χ4v) is 3.17. The highest BCUT2D eigenvalue weighted by Crippen LogP contribution is 2.30. The summed E-state index contributed by atoms with van der Waals surface area (Å²) in [6, 6.07) is 7.89. The van der Waals surface area contributed by atoms with E-state index < -0.39 is 23.9 Å². The molecule has 148 valence electrons. The molecule has 0 saturated heterocycles. The Kier molecular flexibility index (Phi) is 8.08. The van der Waals surface area contributed by atoms with Gasteiger partial charge in [0, 0.05) is 26.6 Å². The number of azide groups is 1. The molecule has 2 N–H and O–H groups in total. The standard InChI is InChI=1S/C19H19Cl2FN4O2/c1-2-28-19(27)18(25-26-24)10-14(23)7-12-4-3-11(8-16(12)21)15-9-13(20)5-6-17(15)22/h3-6,8-9,14,18H,2,7,10,23H2,1H3/t14-,18?/m1/s1. The molecule has 0 spiro atoms. The Labute approximate surface area is 172 Å². The van der Waals surface area contributed by atoms with E-state index in [0.717, 1.165) is 5.56 Å². The van der Waals surface area contributed by atoms with Gasteiger partial charge in [0.1, 0.15) is 11.9 Å². The number of carbonyl (C=O) groups excluding carboxylic acids is 1. The van der Waals surface area contributed by atoms with Crippen LogP contribution in [0.2, 0.25) is 10.0 Å². The molecule has 0 aliphatic heterocycles. The van der Waals surface area contributed by atoms with Crippen LogP contribution in [-0.2, 0) is 16.0 Å². The van der Waals surface area contributed by atoms with E-state index in [1.165, 1.54) is 18.2 Å². The fraction of sp³-hybridized carbons (Fsp3) is 0.316. The van der Waals surface area contributed by atoms with Crippen molar-refractivity contribution in [1.29, 1.82) is 0 Å². The summed E-state index contributed by atoms with van der Waals surface area (Å²) < 4.78 is 18.9. The van der Waals surface area contributed by atoms with Gasteiger partial charge in [-0.15, -0.1) is 0 Å². The molecule has 0 aliphatic carbocycles. The third-order valence-corrected chi connectivity index (χ3v) is 4.64. The lowest BCUT2D eigenvalue weighted by atomic mass is 9.97. The van der Waals surface area contributed by atoms with Crippen LogP contribution in [0.4, 0.5) is 4.39 Å². The first-order chi connectivity index (χ1) is 13.3. The number of ether oxygens (including phenoxy) is 1. The SMILES string of the molecule is CCOC(=O)C(C[C@H](N)Cc1ccc(-c2cc(Cl)ccc2F)cc1Cl)N=[N+]=[N-]. The number of carbonyl (C=O) groups is 1. The summed E-state index contributed by atoms with van der Waals surface area (Å²) in [6.45, 7) is 1.84. The molecule has 0 aliphatic rings. The Hall–Kier alpha value is -2.31. The van der Waals surface area contributed by atoms with Crippen molar-refractivity contribution in [1.82, 2.24) is 0 Å². The van der Waals surface area contributed by atoms with Crippen molar-refractivity contribution < 1.29 is 13.9 Å². The molecule has 2 rings (SSSR count). The van der Waals surface area contributed by atoms with Crippen LogP contribution in [0.3, 0.4) is 0 Å². The highest BCUT2D eigenvalue weighted by molar-refractivity contribution is 6.32. The number of halogens is 3. The van der Waals surface area contributed by atoms with Gasteiger partial charge in [0.2, 0.25) is 0 Å². The van der Waals surface area contributed by atoms with Gasteiger partial charge in [0.25, 0.3) is 0 Å². The van der Waals surface area contributed by atoms with E-state index in [1.54, 1.807) is 25.1 Å². The van der Waals surface area contributed by atoms with Crippen LogP contribution in [0.1, 0.15) is 18.9 Å². The number of nitrogens with zero attached hydrogens (tertiary/aromatic N) is 3. The predicted molar refractivity (Wildman–Crippen MR) is 108 cm³/mol. The van der Waals surface area contributed by atoms with Gasteiger partial charge in [0.15, 0.2) is 0 Å². The van der Waals surface area contributed by atoms with Crippen molar-refractivity contribution >= 4 is 29.2 Å². The van der Waals surface area contributed by atoms with E-state index in [4.69, 9.17) is 39.2 Å². The average molecular weight is 425 g/mol. The van der Waals surface area contributed by atoms with E-state index in [1.807, 2.05) is 0 Å². The van der Waals surface area contributed by atoms with Crippen LogP contribution < -0.4 is 5.73 Å². The van der Waals surface area contributed by atoms with Crippen LogP contribution >= 0.6 is 23.2 Å². The zero-order valence-corrected chi connectivity index (χ0v) is 16.6. The molecule has 0 amide bonds. The van der Waals surface area contributed by atoms with Gasteiger partial charge >= 0.3 is 5.97 Å². The average Bonchev–Trinajstić information content (AvgIpc) is 2.65. The Bertz CT molecular complexity index is 903. The number of nitrogens with two attached hydrogens (primary N) is 1. The minimum atomic E-state index is -1.00. The largest absolute Gasteiger partial charge is 0.466 e. The lowest BCUT2D eigenvalue weighted by Gasteiger charge is -2.17. The summed E-state index contributed by atoms with van der Waals surface area (Å²) in [4.78, 5) is 14.5. The minimum Gasteiger partial charge on any atom is -0.466 e. The highest BCUT2D eigenvalue weighted by atomic mass is 35.5. The molecule has 2 atom stereocenters. The molecule has 0 bridgehead atoms. The van der Waals surface area contributed by atoms with E-state index in [-0.39, 0.29) is 13.0 Å². The fourth-order valence-electron chi connectivity index (χ4n) is 2.74. The van der Waals surface area contributed by atoms with Crippen LogP contribution in [0, 0.1) is 5.82 Å². The Morgan fingerprint density at radius 1 is 1.32 bits per heavy atom. The Morgan fingerprint density at radius 2 is 2.07 bits per heavy atom. The van der Waals surface area contributed by atoms with Gasteiger partial charge < -0.3 is 10.5 Å². The van der Waals surface area contributed by atoms with Crippen molar-refractivity contribution in [2.75, 3.05) is 6.61 Å². The second kappa shape index (κ2) is 10.3. The minimum absolute atomic E-state index is 0.115. The summed E-state index contributed by atoms with van der Waals surface area (Å²) in [7, 11) is 0. The van der Waals surface area contributed by atoms with E-state index in [9.17, 15) is 9.18 Å². The first-order valence-corrected chi connectivity index (χ1v) is 9.31. The third kappa shape index (κ3) is 5.84. The maximum atomic E-state index is 14.0. The molecule has 9 heteroatoms. The second-order valence-corrected chi connectivity index (χ2v) is 6.95. The molecule has 28 heavy (non-hydrogen) atoms. The zero-order valence-electron chi connectivity index (χ0n) is 15.1. The van der Waals surface area contributed by atoms with Crippen molar-refractivity contribution in [2.24, 2.45) is 10.8 Å². The zero-order chi connectivity index (χ0) is 20.7. The summed E-state index contributed by atoms with van der Waals surface area (Å²) in [5.41, 5.74) is 16.4. The van der Waals surface area contributed by atoms with Crippen LogP contribution in [0.25, 0.3) is 21.6 Å². The van der Waals surface area contributed by atoms with Crippen LogP contribution in [0.15, 0.2) is 41.5 Å². The van der Waals surface area contributed by atoms with Gasteiger partial charge in [-0.1, -0.05) is 40.4 Å². The van der Waals surface area contributed by atoms with Crippen LogP contribution in [0.5, 0.6) is 0 Å². The Morgan fingerprint density at radius 3 is 2.71 bits per heavy atom. The van der Waals surface area contributed by atoms with Gasteiger partial charge in [-0.2, -0.15) is 0 Å². The highest BCUT2D eigenvalue weighted by Gasteiger charge is 2.22. The van der Waals surface area contributed by atoms with Gasteiger partial charge in [-0.05, 0) is 60.7 Å². The van der Waals surface area contributed by atoms with E-state index >= 15 is 0 Å². The lowest BCUT2D eigenvalue weighted by Crippen LogP contribution is -2.32. The van der Waals surface area contributed by atoms with Crippen molar-refractivity contribution in [3.63, 3.8) is 0 Å². The van der Waals surface area contributed by atoms with E-state index in [2.05, 4.69) is 10.0 Å². The van der Waals surface area contributed by atoms with Crippen LogP contribution in [-0.4, -0.2) is 24.7 Å². The normalized spacial score (nSPS) is 12.8. The molecule has 0 heterocycles. The summed E-state index contributed by atoms with van der Waals surface area (Å²) in [5.74, 6) is -1.02. The van der Waals surface area contributed by atoms with Crippen molar-refractivity contribution in [2.45, 2.75) is 31.8 Å². The molecule has 2 aromatic carbocycles. The van der Waals surface area contributed by atoms with Crippen molar-refractivity contribution in [3.8, 4) is 11.1 Å². The quantitative estimate of drug-likeness (QED) is 0.269. The number of benzene rings is 2. The molecule has 6 nitrogen and oxygen atoms in total. The van der Waals surface area contributed by atoms with Gasteiger partial charge in [0.05, 0.1) is 6.61 Å². The first-order valence-electron chi connectivity index (χ1n) is 8.56. The third-order valence-electron chi connectivity index (χ3n) is 4.05. The maximum Gasteiger partial charge on any atom is 0.314 e. The molecular weight excluding hydrogens is 406 g/mol. The van der Waals surface area contributed by atoms with Gasteiger partial charge in [-0.3, -0.25) is 4.79 Å². The maximum absolute atomic E-state index is 14.0. The van der Waals surface area contributed by atoms with Crippen molar-refractivity contribution in [3.05, 3.63) is 68.3 Å². The molecule has 2 aromatic rings. The van der Waals surface area contributed by atoms with E-state index in [0.29, 0.717) is 27.6 Å². The molecule has 1 unspecified atom stereocenters. The second-order valence-electron chi connectivity index (χ2n) is 6.10. The molecule has 0 radical (unpaired) electrons. The molecule has 0 saturated carbocycles. The molecule has 0 fully saturated rings. The summed E-state index contributed by atoms with van der Waals surface area (Å²) >= 11 is 12.3.